The van der Waals surface area contributed by atoms with Gasteiger partial charge >= 0.3 is 0 Å². The van der Waals surface area contributed by atoms with Gasteiger partial charge in [0.1, 0.15) is 0 Å². The fourth-order valence-corrected chi connectivity index (χ4v) is 0.448. The van der Waals surface area contributed by atoms with E-state index in [0.29, 0.717) is 18.2 Å². The molecule has 0 radical (unpaired) electrons. The van der Waals surface area contributed by atoms with Crippen LogP contribution in [-0.4, -0.2) is 18.4 Å². The molecular weight excluding hydrogens is 126 g/mol. The van der Waals surface area contributed by atoms with Crippen LogP contribution in [0.1, 0.15) is 20.8 Å². The van der Waals surface area contributed by atoms with Crippen molar-refractivity contribution >= 4 is 5.78 Å². The molecule has 0 rings (SSSR count). The summed E-state index contributed by atoms with van der Waals surface area (Å²) in [5.74, 6) is 0.0914. The Balaban J connectivity index is 3.50. The molecule has 0 saturated carbocycles. The number of ketones is 1. The molecule has 0 fully saturated rings. The van der Waals surface area contributed by atoms with E-state index >= 15 is 0 Å². The number of carbonyl (C=O) groups is 1. The summed E-state index contributed by atoms with van der Waals surface area (Å²) in [7, 11) is 0. The molecule has 0 bridgehead atoms. The average molecular weight is 141 g/mol. The number of Topliss-reactive ketones (excluding diaryl/α,β-unsaturated/α-hetero) is 1. The fraction of sp³-hybridized carbons (Fsp3) is 0.625. The van der Waals surface area contributed by atoms with Gasteiger partial charge in [-0.25, -0.2) is 0 Å². The van der Waals surface area contributed by atoms with Gasteiger partial charge in [-0.05, 0) is 12.5 Å². The van der Waals surface area contributed by atoms with Crippen molar-refractivity contribution in [2.24, 2.45) is 0 Å². The molecule has 0 saturated heterocycles. The molecule has 0 aliphatic heterocycles. The number of nitrogens with one attached hydrogen (secondary N) is 1. The summed E-state index contributed by atoms with van der Waals surface area (Å²) in [6.45, 7) is 9.69. The molecule has 0 aliphatic carbocycles. The largest absolute Gasteiger partial charge is 0.307 e. The first-order valence-electron chi connectivity index (χ1n) is 3.46. The standard InChI is InChI=1S/C8H15NO/c1-6(2)8(10)5-9-7(3)4/h7,9H,1,5H2,2-4H3. The molecule has 1 N–H and O–H groups in total. The lowest BCUT2D eigenvalue weighted by Crippen LogP contribution is -2.29. The predicted octanol–water partition coefficient (Wildman–Crippen LogP) is 1.13. The molecule has 0 unspecified atom stereocenters. The van der Waals surface area contributed by atoms with Gasteiger partial charge in [0.2, 0.25) is 0 Å². The van der Waals surface area contributed by atoms with Crippen LogP contribution >= 0.6 is 0 Å². The van der Waals surface area contributed by atoms with Crippen molar-refractivity contribution in [1.29, 1.82) is 0 Å². The maximum Gasteiger partial charge on any atom is 0.171 e. The van der Waals surface area contributed by atoms with E-state index in [4.69, 9.17) is 0 Å². The molecule has 2 heteroatoms. The Kier molecular flexibility index (Phi) is 3.96. The molecule has 0 aliphatic rings. The van der Waals surface area contributed by atoms with Gasteiger partial charge in [0.15, 0.2) is 5.78 Å². The zero-order valence-corrected chi connectivity index (χ0v) is 6.90. The van der Waals surface area contributed by atoms with E-state index in [9.17, 15) is 4.79 Å². The van der Waals surface area contributed by atoms with Crippen molar-refractivity contribution in [3.05, 3.63) is 12.2 Å². The second kappa shape index (κ2) is 4.23. The highest BCUT2D eigenvalue weighted by atomic mass is 16.1. The van der Waals surface area contributed by atoms with Gasteiger partial charge in [0.05, 0.1) is 6.54 Å². The first-order valence-corrected chi connectivity index (χ1v) is 3.46. The molecule has 0 atom stereocenters. The van der Waals surface area contributed by atoms with Crippen molar-refractivity contribution in [3.8, 4) is 0 Å². The number of rotatable bonds is 4. The van der Waals surface area contributed by atoms with E-state index in [1.807, 2.05) is 13.8 Å². The molecule has 0 aromatic heterocycles. The van der Waals surface area contributed by atoms with Crippen LogP contribution in [0, 0.1) is 0 Å². The molecular formula is C8H15NO. The van der Waals surface area contributed by atoms with Crippen LogP contribution in [0.15, 0.2) is 12.2 Å². The van der Waals surface area contributed by atoms with Crippen LogP contribution in [0.25, 0.3) is 0 Å². The van der Waals surface area contributed by atoms with E-state index in [1.54, 1.807) is 6.92 Å². The second-order valence-electron chi connectivity index (χ2n) is 2.74. The molecule has 0 aromatic carbocycles. The monoisotopic (exact) mass is 141 g/mol. The Morgan fingerprint density at radius 2 is 2.10 bits per heavy atom. The number of hydrogen-bond donors (Lipinski definition) is 1. The van der Waals surface area contributed by atoms with Gasteiger partial charge in [-0.15, -0.1) is 0 Å². The molecule has 10 heavy (non-hydrogen) atoms. The molecule has 0 aromatic rings. The van der Waals surface area contributed by atoms with E-state index < -0.39 is 0 Å². The van der Waals surface area contributed by atoms with E-state index in [-0.39, 0.29) is 5.78 Å². The minimum Gasteiger partial charge on any atom is -0.307 e. The van der Waals surface area contributed by atoms with Gasteiger partial charge in [-0.2, -0.15) is 0 Å². The summed E-state index contributed by atoms with van der Waals surface area (Å²) in [5.41, 5.74) is 0.619. The van der Waals surface area contributed by atoms with Gasteiger partial charge in [0.25, 0.3) is 0 Å². The molecule has 2 nitrogen and oxygen atoms in total. The highest BCUT2D eigenvalue weighted by Gasteiger charge is 2.01. The molecule has 0 heterocycles. The predicted molar refractivity (Wildman–Crippen MR) is 43.0 cm³/mol. The summed E-state index contributed by atoms with van der Waals surface area (Å²) >= 11 is 0. The summed E-state index contributed by atoms with van der Waals surface area (Å²) < 4.78 is 0. The third-order valence-corrected chi connectivity index (χ3v) is 1.15. The lowest BCUT2D eigenvalue weighted by molar-refractivity contribution is -0.114. The first-order chi connectivity index (χ1) is 4.54. The lowest BCUT2D eigenvalue weighted by Gasteiger charge is -2.05. The Morgan fingerprint density at radius 1 is 1.60 bits per heavy atom. The van der Waals surface area contributed by atoms with Crippen LogP contribution in [0.3, 0.4) is 0 Å². The second-order valence-corrected chi connectivity index (χ2v) is 2.74. The Bertz CT molecular complexity index is 138. The van der Waals surface area contributed by atoms with E-state index in [0.717, 1.165) is 0 Å². The normalized spacial score (nSPS) is 10.0. The maximum absolute atomic E-state index is 10.9. The van der Waals surface area contributed by atoms with Gasteiger partial charge in [0, 0.05) is 6.04 Å². The summed E-state index contributed by atoms with van der Waals surface area (Å²) in [6, 6.07) is 0.364. The Morgan fingerprint density at radius 3 is 2.40 bits per heavy atom. The average Bonchev–Trinajstić information content (AvgIpc) is 1.82. The molecule has 0 spiro atoms. The van der Waals surface area contributed by atoms with Gasteiger partial charge in [-0.3, -0.25) is 4.79 Å². The third kappa shape index (κ3) is 4.27. The summed E-state index contributed by atoms with van der Waals surface area (Å²) in [6.07, 6.45) is 0. The zero-order valence-electron chi connectivity index (χ0n) is 6.90. The van der Waals surface area contributed by atoms with Gasteiger partial charge in [-0.1, -0.05) is 20.4 Å². The van der Waals surface area contributed by atoms with Crippen LogP contribution < -0.4 is 5.32 Å². The van der Waals surface area contributed by atoms with Crippen molar-refractivity contribution in [1.82, 2.24) is 5.32 Å². The highest BCUT2D eigenvalue weighted by Crippen LogP contribution is 1.87. The maximum atomic E-state index is 10.9. The van der Waals surface area contributed by atoms with Crippen LogP contribution in [0.5, 0.6) is 0 Å². The molecule has 58 valence electrons. The summed E-state index contributed by atoms with van der Waals surface area (Å²) in [4.78, 5) is 10.9. The SMILES string of the molecule is C=C(C)C(=O)CNC(C)C. The van der Waals surface area contributed by atoms with Crippen molar-refractivity contribution in [3.63, 3.8) is 0 Å². The third-order valence-electron chi connectivity index (χ3n) is 1.15. The number of carbonyl (C=O) groups excluding carboxylic acids is 1. The quantitative estimate of drug-likeness (QED) is 0.595. The Labute approximate surface area is 62.3 Å². The number of hydrogen-bond acceptors (Lipinski definition) is 2. The van der Waals surface area contributed by atoms with E-state index in [1.165, 1.54) is 0 Å². The van der Waals surface area contributed by atoms with Gasteiger partial charge < -0.3 is 5.32 Å². The fourth-order valence-electron chi connectivity index (χ4n) is 0.448. The zero-order chi connectivity index (χ0) is 8.15. The van der Waals surface area contributed by atoms with Crippen LogP contribution in [0.4, 0.5) is 0 Å². The smallest absolute Gasteiger partial charge is 0.171 e. The van der Waals surface area contributed by atoms with Crippen LogP contribution in [0.2, 0.25) is 0 Å². The lowest BCUT2D eigenvalue weighted by atomic mass is 10.2. The van der Waals surface area contributed by atoms with Crippen LogP contribution in [-0.2, 0) is 4.79 Å². The summed E-state index contributed by atoms with van der Waals surface area (Å²) in [5, 5.41) is 3.02. The van der Waals surface area contributed by atoms with Crippen molar-refractivity contribution in [2.75, 3.05) is 6.54 Å². The van der Waals surface area contributed by atoms with Crippen molar-refractivity contribution in [2.45, 2.75) is 26.8 Å². The van der Waals surface area contributed by atoms with Crippen molar-refractivity contribution < 1.29 is 4.79 Å². The Hall–Kier alpha value is -0.630. The molecule has 0 amide bonds. The topological polar surface area (TPSA) is 29.1 Å². The highest BCUT2D eigenvalue weighted by molar-refractivity contribution is 5.95. The minimum atomic E-state index is 0.0914. The first kappa shape index (κ1) is 9.37. The minimum absolute atomic E-state index is 0.0914. The van der Waals surface area contributed by atoms with E-state index in [2.05, 4.69) is 11.9 Å².